The molecular formula is C6H11F3N2. The molecule has 0 unspecified atom stereocenters. The highest BCUT2D eigenvalue weighted by Gasteiger charge is 2.32. The summed E-state index contributed by atoms with van der Waals surface area (Å²) >= 11 is 0. The topological polar surface area (TPSA) is 6.48 Å². The summed E-state index contributed by atoms with van der Waals surface area (Å²) in [6.07, 6.45) is -4.05. The molecule has 0 aromatic carbocycles. The molecule has 0 radical (unpaired) electrons. The van der Waals surface area contributed by atoms with Crippen molar-refractivity contribution in [2.75, 3.05) is 33.4 Å². The summed E-state index contributed by atoms with van der Waals surface area (Å²) in [5.41, 5.74) is 0. The van der Waals surface area contributed by atoms with Crippen molar-refractivity contribution in [3.63, 3.8) is 0 Å². The van der Waals surface area contributed by atoms with Gasteiger partial charge in [-0.2, -0.15) is 13.2 Å². The van der Waals surface area contributed by atoms with Gasteiger partial charge in [-0.1, -0.05) is 0 Å². The number of halogens is 3. The smallest absolute Gasteiger partial charge is 0.292 e. The number of nitrogens with zero attached hydrogens (tertiary/aromatic N) is 2. The van der Waals surface area contributed by atoms with E-state index in [1.54, 1.807) is 0 Å². The van der Waals surface area contributed by atoms with Crippen molar-refractivity contribution in [1.82, 2.24) is 9.80 Å². The molecule has 0 aliphatic carbocycles. The number of likely N-dealkylation sites (N-methyl/N-ethyl adjacent to an activating group) is 1. The molecule has 0 amide bonds. The molecule has 0 N–H and O–H groups in total. The highest BCUT2D eigenvalue weighted by atomic mass is 19.4. The molecule has 0 saturated carbocycles. The van der Waals surface area contributed by atoms with Crippen LogP contribution in [-0.4, -0.2) is 49.3 Å². The van der Waals surface area contributed by atoms with E-state index in [9.17, 15) is 13.2 Å². The molecule has 1 heterocycles. The van der Waals surface area contributed by atoms with E-state index in [1.165, 1.54) is 4.90 Å². The summed E-state index contributed by atoms with van der Waals surface area (Å²) < 4.78 is 35.3. The van der Waals surface area contributed by atoms with Crippen LogP contribution in [0.25, 0.3) is 0 Å². The number of hydrogen-bond acceptors (Lipinski definition) is 2. The summed E-state index contributed by atoms with van der Waals surface area (Å²) in [6.45, 7) is 0.906. The predicted octanol–water partition coefficient (Wildman–Crippen LogP) is 0.754. The Morgan fingerprint density at radius 1 is 1.27 bits per heavy atom. The third-order valence-corrected chi connectivity index (χ3v) is 1.64. The van der Waals surface area contributed by atoms with Crippen molar-refractivity contribution in [2.45, 2.75) is 6.18 Å². The number of alkyl halides is 3. The molecule has 2 nitrogen and oxygen atoms in total. The Hall–Kier alpha value is -0.290. The van der Waals surface area contributed by atoms with E-state index in [4.69, 9.17) is 0 Å². The van der Waals surface area contributed by atoms with E-state index in [2.05, 4.69) is 0 Å². The highest BCUT2D eigenvalue weighted by Crippen LogP contribution is 2.17. The van der Waals surface area contributed by atoms with Crippen LogP contribution < -0.4 is 0 Å². The Labute approximate surface area is 63.6 Å². The van der Waals surface area contributed by atoms with Crippen LogP contribution in [0.1, 0.15) is 0 Å². The molecule has 0 aromatic heterocycles. The first-order valence-electron chi connectivity index (χ1n) is 3.45. The largest absolute Gasteiger partial charge is 0.401 e. The minimum atomic E-state index is -4.05. The number of rotatable bonds is 1. The Kier molecular flexibility index (Phi) is 2.39. The lowest BCUT2D eigenvalue weighted by Gasteiger charge is -2.16. The quantitative estimate of drug-likeness (QED) is 0.570. The molecule has 0 bridgehead atoms. The van der Waals surface area contributed by atoms with Crippen molar-refractivity contribution in [3.8, 4) is 0 Å². The van der Waals surface area contributed by atoms with Gasteiger partial charge in [0.15, 0.2) is 0 Å². The van der Waals surface area contributed by atoms with Crippen LogP contribution in [0.15, 0.2) is 0 Å². The minimum Gasteiger partial charge on any atom is -0.292 e. The SMILES string of the molecule is CN1CCN(CC(F)(F)F)C1. The van der Waals surface area contributed by atoms with Gasteiger partial charge >= 0.3 is 6.18 Å². The maximum atomic E-state index is 11.8. The van der Waals surface area contributed by atoms with Crippen molar-refractivity contribution < 1.29 is 13.2 Å². The lowest BCUT2D eigenvalue weighted by atomic mass is 10.5. The molecule has 11 heavy (non-hydrogen) atoms. The van der Waals surface area contributed by atoms with Crippen LogP contribution in [0.4, 0.5) is 13.2 Å². The van der Waals surface area contributed by atoms with Crippen LogP contribution in [0.5, 0.6) is 0 Å². The summed E-state index contributed by atoms with van der Waals surface area (Å²) in [5, 5.41) is 0. The molecule has 1 rings (SSSR count). The fraction of sp³-hybridized carbons (Fsp3) is 1.00. The predicted molar refractivity (Wildman–Crippen MR) is 35.1 cm³/mol. The second-order valence-corrected chi connectivity index (χ2v) is 2.89. The molecule has 1 saturated heterocycles. The molecule has 1 fully saturated rings. The first kappa shape index (κ1) is 8.80. The zero-order valence-electron chi connectivity index (χ0n) is 6.36. The van der Waals surface area contributed by atoms with Gasteiger partial charge in [0.1, 0.15) is 0 Å². The van der Waals surface area contributed by atoms with E-state index in [1.807, 2.05) is 11.9 Å². The Morgan fingerprint density at radius 3 is 2.27 bits per heavy atom. The Balaban J connectivity index is 2.29. The average Bonchev–Trinajstić information content (AvgIpc) is 2.10. The minimum absolute atomic E-state index is 0.430. The fourth-order valence-electron chi connectivity index (χ4n) is 1.18. The zero-order chi connectivity index (χ0) is 8.48. The van der Waals surface area contributed by atoms with Crippen molar-refractivity contribution >= 4 is 0 Å². The maximum absolute atomic E-state index is 11.8. The molecule has 0 spiro atoms. The van der Waals surface area contributed by atoms with Crippen molar-refractivity contribution in [3.05, 3.63) is 0 Å². The zero-order valence-corrected chi connectivity index (χ0v) is 6.36. The lowest BCUT2D eigenvalue weighted by molar-refractivity contribution is -0.144. The summed E-state index contributed by atoms with van der Waals surface area (Å²) in [5.74, 6) is 0. The second kappa shape index (κ2) is 2.98. The third-order valence-electron chi connectivity index (χ3n) is 1.64. The van der Waals surface area contributed by atoms with Gasteiger partial charge in [-0.25, -0.2) is 0 Å². The standard InChI is InChI=1S/C6H11F3N2/c1-10-2-3-11(5-10)4-6(7,8)9/h2-5H2,1H3. The van der Waals surface area contributed by atoms with E-state index in [0.717, 1.165) is 6.54 Å². The summed E-state index contributed by atoms with van der Waals surface area (Å²) in [6, 6.07) is 0. The molecule has 1 aliphatic heterocycles. The normalized spacial score (nSPS) is 22.9. The number of hydrogen-bond donors (Lipinski definition) is 0. The van der Waals surface area contributed by atoms with Gasteiger partial charge in [0, 0.05) is 13.1 Å². The van der Waals surface area contributed by atoms with E-state index >= 15 is 0 Å². The molecule has 66 valence electrons. The molecule has 0 aromatic rings. The van der Waals surface area contributed by atoms with E-state index in [0.29, 0.717) is 13.2 Å². The summed E-state index contributed by atoms with van der Waals surface area (Å²) in [4.78, 5) is 3.26. The third kappa shape index (κ3) is 3.07. The first-order chi connectivity index (χ1) is 4.97. The van der Waals surface area contributed by atoms with Gasteiger partial charge in [-0.3, -0.25) is 9.80 Å². The van der Waals surface area contributed by atoms with Gasteiger partial charge in [-0.05, 0) is 7.05 Å². The van der Waals surface area contributed by atoms with Crippen LogP contribution >= 0.6 is 0 Å². The maximum Gasteiger partial charge on any atom is 0.401 e. The molecule has 0 atom stereocenters. The van der Waals surface area contributed by atoms with Crippen LogP contribution in [0.2, 0.25) is 0 Å². The highest BCUT2D eigenvalue weighted by molar-refractivity contribution is 4.70. The van der Waals surface area contributed by atoms with Gasteiger partial charge in [-0.15, -0.1) is 0 Å². The monoisotopic (exact) mass is 168 g/mol. The first-order valence-corrected chi connectivity index (χ1v) is 3.45. The fourth-order valence-corrected chi connectivity index (χ4v) is 1.18. The Morgan fingerprint density at radius 2 is 1.91 bits per heavy atom. The van der Waals surface area contributed by atoms with Crippen molar-refractivity contribution in [1.29, 1.82) is 0 Å². The van der Waals surface area contributed by atoms with Crippen molar-refractivity contribution in [2.24, 2.45) is 0 Å². The van der Waals surface area contributed by atoms with Gasteiger partial charge in [0.25, 0.3) is 0 Å². The second-order valence-electron chi connectivity index (χ2n) is 2.89. The van der Waals surface area contributed by atoms with Gasteiger partial charge in [0.05, 0.1) is 13.2 Å². The molecular weight excluding hydrogens is 157 g/mol. The van der Waals surface area contributed by atoms with Crippen LogP contribution in [0, 0.1) is 0 Å². The molecule has 1 aliphatic rings. The van der Waals surface area contributed by atoms with Crippen LogP contribution in [-0.2, 0) is 0 Å². The lowest BCUT2D eigenvalue weighted by Crippen LogP contribution is -2.33. The summed E-state index contributed by atoms with van der Waals surface area (Å²) in [7, 11) is 1.82. The van der Waals surface area contributed by atoms with Gasteiger partial charge in [0.2, 0.25) is 0 Å². The average molecular weight is 168 g/mol. The Bertz CT molecular complexity index is 134. The van der Waals surface area contributed by atoms with E-state index < -0.39 is 12.7 Å². The van der Waals surface area contributed by atoms with Gasteiger partial charge < -0.3 is 0 Å². The molecule has 5 heteroatoms. The van der Waals surface area contributed by atoms with E-state index in [-0.39, 0.29) is 0 Å². The van der Waals surface area contributed by atoms with Crippen LogP contribution in [0.3, 0.4) is 0 Å².